The third-order valence-electron chi connectivity index (χ3n) is 3.48. The first-order valence-corrected chi connectivity index (χ1v) is 9.12. The number of halogens is 1. The Morgan fingerprint density at radius 3 is 2.95 bits per heavy atom. The van der Waals surface area contributed by atoms with Crippen LogP contribution in [0.4, 0.5) is 11.4 Å². The van der Waals surface area contributed by atoms with Crippen LogP contribution in [-0.2, 0) is 9.59 Å². The molecule has 1 N–H and O–H groups in total. The number of hydrogen-bond donors (Lipinski definition) is 1. The molecule has 22 heavy (non-hydrogen) atoms. The summed E-state index contributed by atoms with van der Waals surface area (Å²) in [6.07, 6.45) is 3.70. The van der Waals surface area contributed by atoms with Gasteiger partial charge in [-0.3, -0.25) is 9.59 Å². The Morgan fingerprint density at radius 1 is 1.45 bits per heavy atom. The van der Waals surface area contributed by atoms with Crippen molar-refractivity contribution < 1.29 is 9.59 Å². The van der Waals surface area contributed by atoms with Crippen LogP contribution in [0, 0.1) is 0 Å². The molecule has 1 aromatic rings. The second kappa shape index (κ2) is 8.44. The molecule has 0 spiro atoms. The molecular weight excluding hydrogens is 320 g/mol. The summed E-state index contributed by atoms with van der Waals surface area (Å²) in [7, 11) is 0. The van der Waals surface area contributed by atoms with Crippen LogP contribution in [-0.4, -0.2) is 29.9 Å². The van der Waals surface area contributed by atoms with Crippen molar-refractivity contribution in [2.24, 2.45) is 0 Å². The topological polar surface area (TPSA) is 49.4 Å². The second-order valence-corrected chi connectivity index (χ2v) is 6.78. The highest BCUT2D eigenvalue weighted by Crippen LogP contribution is 2.30. The van der Waals surface area contributed by atoms with Crippen LogP contribution in [0.15, 0.2) is 18.2 Å². The molecule has 0 atom stereocenters. The second-order valence-electron chi connectivity index (χ2n) is 5.27. The summed E-state index contributed by atoms with van der Waals surface area (Å²) in [4.78, 5) is 25.5. The average Bonchev–Trinajstić information content (AvgIpc) is 2.92. The van der Waals surface area contributed by atoms with Crippen molar-refractivity contribution in [1.29, 1.82) is 0 Å². The van der Waals surface area contributed by atoms with Gasteiger partial charge < -0.3 is 10.2 Å². The Morgan fingerprint density at radius 2 is 2.27 bits per heavy atom. The lowest BCUT2D eigenvalue weighted by Crippen LogP contribution is -2.24. The lowest BCUT2D eigenvalue weighted by atomic mass is 10.2. The highest BCUT2D eigenvalue weighted by atomic mass is 35.5. The lowest BCUT2D eigenvalue weighted by molar-refractivity contribution is -0.117. The van der Waals surface area contributed by atoms with E-state index >= 15 is 0 Å². The third kappa shape index (κ3) is 4.65. The SMILES string of the molecule is CCCCSCC(=O)Nc1cc(N2CCCC2=O)ccc1Cl. The van der Waals surface area contributed by atoms with Gasteiger partial charge in [0.05, 0.1) is 16.5 Å². The Labute approximate surface area is 140 Å². The number of unbranched alkanes of at least 4 members (excludes halogenated alkanes) is 1. The van der Waals surface area contributed by atoms with Crippen molar-refractivity contribution in [2.75, 3.05) is 28.3 Å². The average molecular weight is 341 g/mol. The van der Waals surface area contributed by atoms with E-state index in [4.69, 9.17) is 11.6 Å². The fraction of sp³-hybridized carbons (Fsp3) is 0.500. The molecule has 1 aliphatic rings. The maximum atomic E-state index is 12.0. The summed E-state index contributed by atoms with van der Waals surface area (Å²) in [6.45, 7) is 2.85. The zero-order valence-corrected chi connectivity index (χ0v) is 14.3. The highest BCUT2D eigenvalue weighted by Gasteiger charge is 2.22. The van der Waals surface area contributed by atoms with Gasteiger partial charge in [0.15, 0.2) is 0 Å². The molecule has 0 aromatic heterocycles. The van der Waals surface area contributed by atoms with Gasteiger partial charge in [-0.2, -0.15) is 11.8 Å². The van der Waals surface area contributed by atoms with Crippen molar-refractivity contribution in [2.45, 2.75) is 32.6 Å². The Kier molecular flexibility index (Phi) is 6.58. The fourth-order valence-electron chi connectivity index (χ4n) is 2.30. The Balaban J connectivity index is 1.98. The zero-order chi connectivity index (χ0) is 15.9. The summed E-state index contributed by atoms with van der Waals surface area (Å²) in [5.74, 6) is 1.46. The van der Waals surface area contributed by atoms with Gasteiger partial charge in [-0.05, 0) is 36.8 Å². The number of nitrogens with zero attached hydrogens (tertiary/aromatic N) is 1. The summed E-state index contributed by atoms with van der Waals surface area (Å²) in [5.41, 5.74) is 1.36. The molecule has 0 bridgehead atoms. The van der Waals surface area contributed by atoms with Gasteiger partial charge in [-0.1, -0.05) is 24.9 Å². The molecule has 0 aliphatic carbocycles. The number of hydrogen-bond acceptors (Lipinski definition) is 3. The predicted molar refractivity (Wildman–Crippen MR) is 93.9 cm³/mol. The van der Waals surface area contributed by atoms with Crippen LogP contribution in [0.5, 0.6) is 0 Å². The van der Waals surface area contributed by atoms with Crippen LogP contribution in [0.3, 0.4) is 0 Å². The Hall–Kier alpha value is -1.20. The largest absolute Gasteiger partial charge is 0.324 e. The van der Waals surface area contributed by atoms with Crippen LogP contribution >= 0.6 is 23.4 Å². The summed E-state index contributed by atoms with van der Waals surface area (Å²) >= 11 is 7.76. The standard InChI is InChI=1S/C16H21ClN2O2S/c1-2-3-9-22-11-15(20)18-14-10-12(6-7-13(14)17)19-8-4-5-16(19)21/h6-7,10H,2-5,8-9,11H2,1H3,(H,18,20). The lowest BCUT2D eigenvalue weighted by Gasteiger charge is -2.17. The minimum atomic E-state index is -0.0621. The van der Waals surface area contributed by atoms with Crippen molar-refractivity contribution in [1.82, 2.24) is 0 Å². The van der Waals surface area contributed by atoms with E-state index in [-0.39, 0.29) is 11.8 Å². The smallest absolute Gasteiger partial charge is 0.234 e. The quantitative estimate of drug-likeness (QED) is 0.765. The molecule has 2 rings (SSSR count). The first-order valence-electron chi connectivity index (χ1n) is 7.59. The predicted octanol–water partition coefficient (Wildman–Crippen LogP) is 3.94. The van der Waals surface area contributed by atoms with E-state index in [1.165, 1.54) is 0 Å². The molecule has 120 valence electrons. The summed E-state index contributed by atoms with van der Waals surface area (Å²) < 4.78 is 0. The van der Waals surface area contributed by atoms with E-state index in [9.17, 15) is 9.59 Å². The maximum absolute atomic E-state index is 12.0. The minimum absolute atomic E-state index is 0.0621. The molecule has 1 saturated heterocycles. The third-order valence-corrected chi connectivity index (χ3v) is 4.86. The van der Waals surface area contributed by atoms with Gasteiger partial charge in [0.2, 0.25) is 11.8 Å². The minimum Gasteiger partial charge on any atom is -0.324 e. The van der Waals surface area contributed by atoms with Crippen molar-refractivity contribution >= 4 is 46.6 Å². The van der Waals surface area contributed by atoms with Gasteiger partial charge in [0, 0.05) is 18.7 Å². The number of amides is 2. The van der Waals surface area contributed by atoms with Crippen LogP contribution in [0.2, 0.25) is 5.02 Å². The summed E-state index contributed by atoms with van der Waals surface area (Å²) in [5, 5.41) is 3.32. The van der Waals surface area contributed by atoms with Crippen LogP contribution in [0.25, 0.3) is 0 Å². The van der Waals surface area contributed by atoms with Crippen molar-refractivity contribution in [3.05, 3.63) is 23.2 Å². The van der Waals surface area contributed by atoms with E-state index in [1.54, 1.807) is 28.8 Å². The number of nitrogens with one attached hydrogen (secondary N) is 1. The highest BCUT2D eigenvalue weighted by molar-refractivity contribution is 7.99. The fourth-order valence-corrected chi connectivity index (χ4v) is 3.36. The summed E-state index contributed by atoms with van der Waals surface area (Å²) in [6, 6.07) is 5.32. The van der Waals surface area contributed by atoms with E-state index < -0.39 is 0 Å². The Bertz CT molecular complexity index is 551. The molecule has 1 aromatic carbocycles. The number of rotatable bonds is 7. The van der Waals surface area contributed by atoms with Crippen LogP contribution in [0.1, 0.15) is 32.6 Å². The van der Waals surface area contributed by atoms with Gasteiger partial charge >= 0.3 is 0 Å². The maximum Gasteiger partial charge on any atom is 0.234 e. The molecule has 0 radical (unpaired) electrons. The van der Waals surface area contributed by atoms with Gasteiger partial charge in [-0.25, -0.2) is 0 Å². The molecule has 0 unspecified atom stereocenters. The number of thioether (sulfide) groups is 1. The molecule has 4 nitrogen and oxygen atoms in total. The van der Waals surface area contributed by atoms with E-state index in [0.29, 0.717) is 22.9 Å². The van der Waals surface area contributed by atoms with Gasteiger partial charge in [0.1, 0.15) is 0 Å². The molecule has 1 heterocycles. The molecule has 1 fully saturated rings. The van der Waals surface area contributed by atoms with Crippen molar-refractivity contribution in [3.8, 4) is 0 Å². The number of benzene rings is 1. The van der Waals surface area contributed by atoms with E-state index in [0.717, 1.165) is 37.2 Å². The molecule has 0 saturated carbocycles. The number of carbonyl (C=O) groups excluding carboxylic acids is 2. The van der Waals surface area contributed by atoms with Gasteiger partial charge in [0.25, 0.3) is 0 Å². The normalized spacial score (nSPS) is 14.5. The number of carbonyl (C=O) groups is 2. The first-order chi connectivity index (χ1) is 10.6. The molecule has 1 aliphatic heterocycles. The van der Waals surface area contributed by atoms with E-state index in [1.807, 2.05) is 6.07 Å². The van der Waals surface area contributed by atoms with Gasteiger partial charge in [-0.15, -0.1) is 0 Å². The van der Waals surface area contributed by atoms with Crippen LogP contribution < -0.4 is 10.2 Å². The molecular formula is C16H21ClN2O2S. The van der Waals surface area contributed by atoms with E-state index in [2.05, 4.69) is 12.2 Å². The van der Waals surface area contributed by atoms with Crippen molar-refractivity contribution in [3.63, 3.8) is 0 Å². The molecule has 6 heteroatoms. The zero-order valence-electron chi connectivity index (χ0n) is 12.7. The first kappa shape index (κ1) is 17.2. The monoisotopic (exact) mass is 340 g/mol. The molecule has 2 amide bonds. The number of anilines is 2.